The molecule has 0 atom stereocenters. The van der Waals surface area contributed by atoms with Crippen LogP contribution >= 0.6 is 23.5 Å². The molecule has 0 radical (unpaired) electrons. The van der Waals surface area contributed by atoms with E-state index in [0.717, 1.165) is 11.1 Å². The molecule has 0 aliphatic carbocycles. The van der Waals surface area contributed by atoms with Gasteiger partial charge in [0.25, 0.3) is 0 Å². The Morgan fingerprint density at radius 2 is 1.12 bits per heavy atom. The minimum Gasteiger partial charge on any atom is -0.857 e. The number of hydrazone groups is 2. The number of nitrogens with zero attached hydrogens (tertiary/aromatic N) is 4. The summed E-state index contributed by atoms with van der Waals surface area (Å²) < 4.78 is 1.26. The van der Waals surface area contributed by atoms with Gasteiger partial charge in [0.1, 0.15) is 11.4 Å². The van der Waals surface area contributed by atoms with Gasteiger partial charge in [0.15, 0.2) is 24.4 Å². The van der Waals surface area contributed by atoms with E-state index in [-0.39, 0.29) is 32.9 Å². The van der Waals surface area contributed by atoms with E-state index in [4.69, 9.17) is 0 Å². The van der Waals surface area contributed by atoms with Crippen LogP contribution in [0.3, 0.4) is 0 Å². The molecule has 0 aromatic heterocycles. The summed E-state index contributed by atoms with van der Waals surface area (Å²) in [5.74, 6) is -0.646. The SMILES string of the molecule is CSC(=[SH+])NN=C1C([O-])=Nc2ccccc21.CSC(=[SH+])NN=C1C([O-])=Nc2ccccc21.[Pt]. The largest absolute Gasteiger partial charge is 0.857 e. The first kappa shape index (κ1) is 27.1. The minimum absolute atomic E-state index is 0. The molecule has 0 fully saturated rings. The number of hydrogen-bond acceptors (Lipinski definition) is 8. The van der Waals surface area contributed by atoms with E-state index >= 15 is 0 Å². The van der Waals surface area contributed by atoms with E-state index < -0.39 is 0 Å². The van der Waals surface area contributed by atoms with E-state index in [1.54, 1.807) is 12.1 Å². The average molecular weight is 698 g/mol. The number of rotatable bonds is 2. The van der Waals surface area contributed by atoms with Gasteiger partial charge in [-0.2, -0.15) is 10.2 Å². The molecule has 4 rings (SSSR count). The number of thiol groups is 2. The smallest absolute Gasteiger partial charge is 0.343 e. The maximum Gasteiger partial charge on any atom is 0.343 e. The predicted octanol–water partition coefficient (Wildman–Crippen LogP) is 0.225. The fourth-order valence-electron chi connectivity index (χ4n) is 2.61. The van der Waals surface area contributed by atoms with Crippen LogP contribution in [0.25, 0.3) is 0 Å². The van der Waals surface area contributed by atoms with Crippen molar-refractivity contribution in [2.24, 2.45) is 20.2 Å². The van der Waals surface area contributed by atoms with Crippen LogP contribution in [0.15, 0.2) is 68.7 Å². The summed E-state index contributed by atoms with van der Waals surface area (Å²) in [6.07, 6.45) is 3.73. The zero-order valence-corrected chi connectivity index (χ0v) is 22.9. The van der Waals surface area contributed by atoms with Gasteiger partial charge in [-0.15, -0.1) is 0 Å². The summed E-state index contributed by atoms with van der Waals surface area (Å²) in [7, 11) is 0. The van der Waals surface area contributed by atoms with Crippen molar-refractivity contribution in [2.45, 2.75) is 0 Å². The molecule has 2 N–H and O–H groups in total. The molecular formula is C20H18N6O2PtS4. The van der Waals surface area contributed by atoms with Crippen molar-refractivity contribution in [1.29, 1.82) is 0 Å². The molecular weight excluding hydrogens is 680 g/mol. The Kier molecular flexibility index (Phi) is 10.6. The molecule has 2 aromatic carbocycles. The molecule has 0 bridgehead atoms. The van der Waals surface area contributed by atoms with Crippen molar-refractivity contribution < 1.29 is 31.3 Å². The van der Waals surface area contributed by atoms with Gasteiger partial charge in [0.2, 0.25) is 0 Å². The zero-order chi connectivity index (χ0) is 23.1. The van der Waals surface area contributed by atoms with E-state index in [1.165, 1.54) is 23.5 Å². The van der Waals surface area contributed by atoms with Gasteiger partial charge in [0.05, 0.1) is 11.4 Å². The van der Waals surface area contributed by atoms with Crippen LogP contribution in [-0.4, -0.2) is 44.4 Å². The van der Waals surface area contributed by atoms with Crippen LogP contribution < -0.4 is 21.1 Å². The van der Waals surface area contributed by atoms with E-state index in [2.05, 4.69) is 55.5 Å². The van der Waals surface area contributed by atoms with Crippen molar-refractivity contribution in [2.75, 3.05) is 12.5 Å². The van der Waals surface area contributed by atoms with Crippen LogP contribution in [0.5, 0.6) is 0 Å². The van der Waals surface area contributed by atoms with Gasteiger partial charge in [-0.05, 0) is 48.2 Å². The Hall–Kier alpha value is -2.11. The summed E-state index contributed by atoms with van der Waals surface area (Å²) >= 11 is 11.1. The molecule has 0 saturated carbocycles. The second kappa shape index (κ2) is 12.9. The number of fused-ring (bicyclic) bond motifs is 2. The van der Waals surface area contributed by atoms with Crippen LogP contribution in [0.1, 0.15) is 11.1 Å². The topological polar surface area (TPSA) is 120 Å². The Bertz CT molecular complexity index is 1090. The molecule has 2 aliphatic heterocycles. The number of nitrogens with one attached hydrogen (secondary N) is 2. The van der Waals surface area contributed by atoms with Gasteiger partial charge < -0.3 is 10.2 Å². The molecule has 13 heteroatoms. The van der Waals surface area contributed by atoms with Gasteiger partial charge >= 0.3 is 8.64 Å². The number of aliphatic imine (C=N–C) groups is 2. The minimum atomic E-state index is -0.323. The van der Waals surface area contributed by atoms with Gasteiger partial charge in [0, 0.05) is 44.0 Å². The van der Waals surface area contributed by atoms with Crippen LogP contribution in [-0.2, 0) is 45.5 Å². The molecule has 2 heterocycles. The van der Waals surface area contributed by atoms with E-state index in [9.17, 15) is 10.2 Å². The first-order valence-electron chi connectivity index (χ1n) is 9.02. The first-order valence-corrected chi connectivity index (χ1v) is 12.4. The second-order valence-electron chi connectivity index (χ2n) is 6.03. The summed E-state index contributed by atoms with van der Waals surface area (Å²) in [6.45, 7) is 0. The third kappa shape index (κ3) is 6.94. The van der Waals surface area contributed by atoms with E-state index in [0.29, 0.717) is 31.4 Å². The predicted molar refractivity (Wildman–Crippen MR) is 141 cm³/mol. The second-order valence-corrected chi connectivity index (χ2v) is 9.16. The molecule has 8 nitrogen and oxygen atoms in total. The maximum absolute atomic E-state index is 11.6. The Morgan fingerprint density at radius 1 is 0.758 bits per heavy atom. The summed E-state index contributed by atoms with van der Waals surface area (Å²) in [5.41, 5.74) is 8.89. The van der Waals surface area contributed by atoms with Gasteiger partial charge in [-0.1, -0.05) is 36.4 Å². The summed E-state index contributed by atoms with van der Waals surface area (Å²) in [5, 5.41) is 31.1. The van der Waals surface area contributed by atoms with Crippen LogP contribution in [0.2, 0.25) is 0 Å². The van der Waals surface area contributed by atoms with Crippen molar-refractivity contribution in [3.63, 3.8) is 0 Å². The first-order chi connectivity index (χ1) is 15.4. The molecule has 2 aromatic rings. The van der Waals surface area contributed by atoms with Crippen LogP contribution in [0, 0.1) is 0 Å². The van der Waals surface area contributed by atoms with Gasteiger partial charge in [-0.25, -0.2) is 10.9 Å². The number of benzene rings is 2. The number of para-hydroxylation sites is 2. The Morgan fingerprint density at radius 3 is 1.48 bits per heavy atom. The average Bonchev–Trinajstić information content (AvgIpc) is 3.30. The normalized spacial score (nSPS) is 15.3. The zero-order valence-electron chi connectivity index (χ0n) is 17.3. The van der Waals surface area contributed by atoms with Gasteiger partial charge in [-0.3, -0.25) is 9.98 Å². The fraction of sp³-hybridized carbons (Fsp3) is 0.100. The molecule has 0 amide bonds. The molecule has 33 heavy (non-hydrogen) atoms. The molecule has 0 saturated heterocycles. The molecule has 2 aliphatic rings. The monoisotopic (exact) mass is 697 g/mol. The fourth-order valence-corrected chi connectivity index (χ4v) is 2.99. The van der Waals surface area contributed by atoms with Crippen molar-refractivity contribution in [3.05, 3.63) is 59.7 Å². The summed E-state index contributed by atoms with van der Waals surface area (Å²) in [6, 6.07) is 14.6. The third-order valence-corrected chi connectivity index (χ3v) is 6.33. The number of hydrogen-bond donors (Lipinski definition) is 2. The standard InChI is InChI=1S/2C10H9N3OS2.Pt/c2*1-16-10(15)13-12-8-6-4-2-3-5-7(6)11-9(8)14;/h2*2-5H,1H3,(H,13,15)(H,11,12,14);. The number of thioether (sulfide) groups is 2. The molecule has 174 valence electrons. The van der Waals surface area contributed by atoms with E-state index in [1.807, 2.05) is 48.9 Å². The maximum atomic E-state index is 11.6. The van der Waals surface area contributed by atoms with Crippen molar-refractivity contribution in [1.82, 2.24) is 10.9 Å². The van der Waals surface area contributed by atoms with Crippen molar-refractivity contribution in [3.8, 4) is 0 Å². The molecule has 0 unspecified atom stereocenters. The Balaban J connectivity index is 0.000000227. The molecule has 0 spiro atoms. The van der Waals surface area contributed by atoms with Crippen LogP contribution in [0.4, 0.5) is 11.4 Å². The summed E-state index contributed by atoms with van der Waals surface area (Å²) in [4.78, 5) is 7.77. The quantitative estimate of drug-likeness (QED) is 0.201. The Labute approximate surface area is 224 Å². The van der Waals surface area contributed by atoms with Crippen molar-refractivity contribution >= 4 is 91.2 Å². The third-order valence-electron chi connectivity index (χ3n) is 4.08.